The molecule has 1 fully saturated rings. The summed E-state index contributed by atoms with van der Waals surface area (Å²) in [5.74, 6) is -0.837. The number of carbonyl (C=O) groups is 2. The fourth-order valence-corrected chi connectivity index (χ4v) is 2.82. The summed E-state index contributed by atoms with van der Waals surface area (Å²) in [6.07, 6.45) is 5.62. The predicted molar refractivity (Wildman–Crippen MR) is 84.3 cm³/mol. The summed E-state index contributed by atoms with van der Waals surface area (Å²) in [4.78, 5) is 23.2. The van der Waals surface area contributed by atoms with E-state index in [1.165, 1.54) is 25.3 Å². The zero-order valence-electron chi connectivity index (χ0n) is 12.7. The highest BCUT2D eigenvalue weighted by Gasteiger charge is 2.25. The molecule has 1 aromatic heterocycles. The van der Waals surface area contributed by atoms with Crippen LogP contribution in [0, 0.1) is 5.92 Å². The normalized spacial score (nSPS) is 15.7. The molecule has 5 heteroatoms. The fourth-order valence-electron chi connectivity index (χ4n) is 2.82. The van der Waals surface area contributed by atoms with Gasteiger partial charge < -0.3 is 14.8 Å². The van der Waals surface area contributed by atoms with Gasteiger partial charge in [-0.2, -0.15) is 0 Å². The van der Waals surface area contributed by atoms with E-state index in [-0.39, 0.29) is 23.3 Å². The number of carbonyl (C=O) groups excluding carboxylic acids is 1. The first kappa shape index (κ1) is 15.3. The Morgan fingerprint density at radius 3 is 2.57 bits per heavy atom. The minimum atomic E-state index is -1.11. The summed E-state index contributed by atoms with van der Waals surface area (Å²) in [5, 5.41) is 11.9. The number of hydrogen-bond acceptors (Lipinski definition) is 3. The van der Waals surface area contributed by atoms with E-state index >= 15 is 0 Å². The van der Waals surface area contributed by atoms with Gasteiger partial charge in [0, 0.05) is 6.07 Å². The average molecular weight is 313 g/mol. The van der Waals surface area contributed by atoms with Gasteiger partial charge in [-0.05, 0) is 17.9 Å². The average Bonchev–Trinajstić information content (AvgIpc) is 3.00. The first-order valence-corrected chi connectivity index (χ1v) is 7.81. The predicted octanol–water partition coefficient (Wildman–Crippen LogP) is 3.64. The van der Waals surface area contributed by atoms with Crippen molar-refractivity contribution in [3.63, 3.8) is 0 Å². The van der Waals surface area contributed by atoms with Gasteiger partial charge in [0.25, 0.3) is 5.91 Å². The van der Waals surface area contributed by atoms with Crippen LogP contribution in [0.3, 0.4) is 0 Å². The Kier molecular flexibility index (Phi) is 4.46. The van der Waals surface area contributed by atoms with Gasteiger partial charge in [-0.25, -0.2) is 4.79 Å². The molecule has 2 N–H and O–H groups in total. The highest BCUT2D eigenvalue weighted by atomic mass is 16.4. The summed E-state index contributed by atoms with van der Waals surface area (Å²) in [6.45, 7) is 0. The molecule has 5 nitrogen and oxygen atoms in total. The highest BCUT2D eigenvalue weighted by molar-refractivity contribution is 5.95. The minimum Gasteiger partial charge on any atom is -0.478 e. The second-order valence-electron chi connectivity index (χ2n) is 5.97. The molecule has 1 aliphatic carbocycles. The van der Waals surface area contributed by atoms with Crippen LogP contribution < -0.4 is 5.32 Å². The van der Waals surface area contributed by atoms with Gasteiger partial charge in [0.2, 0.25) is 0 Å². The molecule has 1 heterocycles. The number of nitrogens with one attached hydrogen (secondary N) is 1. The topological polar surface area (TPSA) is 79.5 Å². The van der Waals surface area contributed by atoms with Gasteiger partial charge >= 0.3 is 5.97 Å². The van der Waals surface area contributed by atoms with Crippen molar-refractivity contribution in [3.05, 3.63) is 59.5 Å². The van der Waals surface area contributed by atoms with Gasteiger partial charge in [0.05, 0.1) is 11.6 Å². The molecule has 3 rings (SSSR count). The summed E-state index contributed by atoms with van der Waals surface area (Å²) in [7, 11) is 0. The standard InChI is InChI=1S/C18H19NO4/c20-17(16-10-14(11-23-16)18(21)22)19-15(9-12-5-4-6-12)13-7-2-1-3-8-13/h1-3,7-8,10-12,15H,4-6,9H2,(H,19,20)(H,21,22). The Hall–Kier alpha value is -2.56. The molecule has 1 saturated carbocycles. The molecule has 1 atom stereocenters. The molecule has 1 unspecified atom stereocenters. The number of hydrogen-bond donors (Lipinski definition) is 2. The third-order valence-corrected chi connectivity index (χ3v) is 4.37. The monoisotopic (exact) mass is 313 g/mol. The van der Waals surface area contributed by atoms with Crippen LogP contribution in [-0.4, -0.2) is 17.0 Å². The largest absolute Gasteiger partial charge is 0.478 e. The Morgan fingerprint density at radius 1 is 1.26 bits per heavy atom. The van der Waals surface area contributed by atoms with E-state index in [2.05, 4.69) is 5.32 Å². The van der Waals surface area contributed by atoms with Crippen molar-refractivity contribution < 1.29 is 19.1 Å². The number of aromatic carboxylic acids is 1. The number of rotatable bonds is 6. The van der Waals surface area contributed by atoms with E-state index in [1.54, 1.807) is 0 Å². The first-order valence-electron chi connectivity index (χ1n) is 7.81. The van der Waals surface area contributed by atoms with Crippen LogP contribution in [0.15, 0.2) is 47.1 Å². The molecular formula is C18H19NO4. The van der Waals surface area contributed by atoms with Crippen LogP contribution in [0.5, 0.6) is 0 Å². The number of carboxylic acids is 1. The molecule has 2 aromatic rings. The lowest BCUT2D eigenvalue weighted by molar-refractivity contribution is 0.0695. The van der Waals surface area contributed by atoms with Crippen molar-refractivity contribution in [1.82, 2.24) is 5.32 Å². The molecular weight excluding hydrogens is 294 g/mol. The molecule has 0 saturated heterocycles. The number of benzene rings is 1. The van der Waals surface area contributed by atoms with Gasteiger partial charge in [-0.3, -0.25) is 4.79 Å². The summed E-state index contributed by atoms with van der Waals surface area (Å²) >= 11 is 0. The lowest BCUT2D eigenvalue weighted by Crippen LogP contribution is -2.31. The van der Waals surface area contributed by atoms with Gasteiger partial charge in [-0.15, -0.1) is 0 Å². The zero-order valence-corrected chi connectivity index (χ0v) is 12.7. The second kappa shape index (κ2) is 6.69. The molecule has 0 bridgehead atoms. The van der Waals surface area contributed by atoms with E-state index in [0.29, 0.717) is 5.92 Å². The lowest BCUT2D eigenvalue weighted by Gasteiger charge is -2.30. The second-order valence-corrected chi connectivity index (χ2v) is 5.97. The van der Waals surface area contributed by atoms with Crippen molar-refractivity contribution in [2.45, 2.75) is 31.7 Å². The van der Waals surface area contributed by atoms with Crippen LogP contribution in [0.2, 0.25) is 0 Å². The lowest BCUT2D eigenvalue weighted by atomic mass is 9.79. The van der Waals surface area contributed by atoms with Crippen LogP contribution in [0.4, 0.5) is 0 Å². The smallest absolute Gasteiger partial charge is 0.338 e. The minimum absolute atomic E-state index is 0.0228. The van der Waals surface area contributed by atoms with Crippen molar-refractivity contribution in [3.8, 4) is 0 Å². The maximum Gasteiger partial charge on any atom is 0.338 e. The van der Waals surface area contributed by atoms with Crippen LogP contribution in [0.25, 0.3) is 0 Å². The fraction of sp³-hybridized carbons (Fsp3) is 0.333. The van der Waals surface area contributed by atoms with E-state index < -0.39 is 5.97 Å². The van der Waals surface area contributed by atoms with Crippen molar-refractivity contribution in [2.24, 2.45) is 5.92 Å². The van der Waals surface area contributed by atoms with Gasteiger partial charge in [0.1, 0.15) is 6.26 Å². The van der Waals surface area contributed by atoms with Crippen molar-refractivity contribution >= 4 is 11.9 Å². The van der Waals surface area contributed by atoms with Crippen LogP contribution in [0.1, 0.15) is 58.2 Å². The van der Waals surface area contributed by atoms with E-state index in [1.807, 2.05) is 30.3 Å². The molecule has 120 valence electrons. The number of carboxylic acid groups (broad SMARTS) is 1. The van der Waals surface area contributed by atoms with E-state index in [9.17, 15) is 9.59 Å². The van der Waals surface area contributed by atoms with Gasteiger partial charge in [-0.1, -0.05) is 49.6 Å². The summed E-state index contributed by atoms with van der Waals surface area (Å²) in [6, 6.07) is 11.0. The SMILES string of the molecule is O=C(O)c1coc(C(=O)NC(CC2CCC2)c2ccccc2)c1. The summed E-state index contributed by atoms with van der Waals surface area (Å²) < 4.78 is 5.08. The summed E-state index contributed by atoms with van der Waals surface area (Å²) in [5.41, 5.74) is 1.03. The van der Waals surface area contributed by atoms with E-state index in [0.717, 1.165) is 18.2 Å². The third kappa shape index (κ3) is 3.62. The Morgan fingerprint density at radius 2 is 2.00 bits per heavy atom. The van der Waals surface area contributed by atoms with Crippen molar-refractivity contribution in [1.29, 1.82) is 0 Å². The zero-order chi connectivity index (χ0) is 16.2. The maximum atomic E-state index is 12.4. The molecule has 1 aliphatic rings. The van der Waals surface area contributed by atoms with Crippen LogP contribution in [-0.2, 0) is 0 Å². The molecule has 1 amide bonds. The Labute approximate surface area is 134 Å². The quantitative estimate of drug-likeness (QED) is 0.853. The molecule has 0 radical (unpaired) electrons. The molecule has 1 aromatic carbocycles. The Bertz CT molecular complexity index is 688. The number of amides is 1. The van der Waals surface area contributed by atoms with Crippen molar-refractivity contribution in [2.75, 3.05) is 0 Å². The third-order valence-electron chi connectivity index (χ3n) is 4.37. The van der Waals surface area contributed by atoms with Gasteiger partial charge in [0.15, 0.2) is 5.76 Å². The maximum absolute atomic E-state index is 12.4. The highest BCUT2D eigenvalue weighted by Crippen LogP contribution is 2.34. The molecule has 23 heavy (non-hydrogen) atoms. The number of furan rings is 1. The Balaban J connectivity index is 1.73. The first-order chi connectivity index (χ1) is 11.1. The molecule has 0 spiro atoms. The van der Waals surface area contributed by atoms with E-state index in [4.69, 9.17) is 9.52 Å². The van der Waals surface area contributed by atoms with Crippen LogP contribution >= 0.6 is 0 Å². The molecule has 0 aliphatic heterocycles.